The van der Waals surface area contributed by atoms with E-state index in [9.17, 15) is 19.5 Å². The standard InChI is InChI=1S/C13H21N3O4/c1-8(10(17)15-9-4-5-9)14-12(20)16-7-3-6-13(16,2)11(18)19/h8-9H,3-7H2,1-2H3,(H,14,20)(H,15,17)(H,18,19). The summed E-state index contributed by atoms with van der Waals surface area (Å²) in [4.78, 5) is 36.5. The Morgan fingerprint density at radius 1 is 1.35 bits per heavy atom. The van der Waals surface area contributed by atoms with Gasteiger partial charge in [-0.25, -0.2) is 9.59 Å². The van der Waals surface area contributed by atoms with E-state index in [1.54, 1.807) is 6.92 Å². The molecule has 1 saturated carbocycles. The van der Waals surface area contributed by atoms with Gasteiger partial charge < -0.3 is 20.6 Å². The van der Waals surface area contributed by atoms with Crippen molar-refractivity contribution in [2.24, 2.45) is 0 Å². The zero-order valence-corrected chi connectivity index (χ0v) is 11.8. The van der Waals surface area contributed by atoms with E-state index in [1.165, 1.54) is 11.8 Å². The SMILES string of the molecule is CC(NC(=O)N1CCCC1(C)C(=O)O)C(=O)NC1CC1. The van der Waals surface area contributed by atoms with E-state index in [0.29, 0.717) is 19.4 Å². The van der Waals surface area contributed by atoms with Crippen LogP contribution in [0.15, 0.2) is 0 Å². The first-order valence-electron chi connectivity index (χ1n) is 6.96. The van der Waals surface area contributed by atoms with Crippen molar-refractivity contribution in [3.05, 3.63) is 0 Å². The topological polar surface area (TPSA) is 98.7 Å². The lowest BCUT2D eigenvalue weighted by Crippen LogP contribution is -2.57. The number of carbonyl (C=O) groups is 3. The van der Waals surface area contributed by atoms with Crippen LogP contribution in [0.25, 0.3) is 0 Å². The summed E-state index contributed by atoms with van der Waals surface area (Å²) in [6.45, 7) is 3.53. The van der Waals surface area contributed by atoms with Crippen LogP contribution >= 0.6 is 0 Å². The molecule has 2 atom stereocenters. The Hall–Kier alpha value is -1.79. The van der Waals surface area contributed by atoms with Gasteiger partial charge in [-0.2, -0.15) is 0 Å². The number of urea groups is 1. The molecule has 0 radical (unpaired) electrons. The van der Waals surface area contributed by atoms with E-state index in [1.807, 2.05) is 0 Å². The lowest BCUT2D eigenvalue weighted by molar-refractivity contribution is -0.147. The van der Waals surface area contributed by atoms with E-state index < -0.39 is 23.6 Å². The Bertz CT molecular complexity index is 435. The first kappa shape index (κ1) is 14.6. The van der Waals surface area contributed by atoms with Crippen LogP contribution in [0.5, 0.6) is 0 Å². The lowest BCUT2D eigenvalue weighted by atomic mass is 10.00. The molecule has 0 aromatic carbocycles. The molecule has 2 unspecified atom stereocenters. The highest BCUT2D eigenvalue weighted by Crippen LogP contribution is 2.29. The summed E-state index contributed by atoms with van der Waals surface area (Å²) in [6, 6.07) is -0.925. The van der Waals surface area contributed by atoms with Crippen LogP contribution in [0.1, 0.15) is 39.5 Å². The number of nitrogens with zero attached hydrogens (tertiary/aromatic N) is 1. The molecular formula is C13H21N3O4. The number of carbonyl (C=O) groups excluding carboxylic acids is 2. The maximum absolute atomic E-state index is 12.2. The third-order valence-corrected chi connectivity index (χ3v) is 4.00. The molecule has 20 heavy (non-hydrogen) atoms. The number of carboxylic acids is 1. The van der Waals surface area contributed by atoms with Gasteiger partial charge in [0, 0.05) is 12.6 Å². The Morgan fingerprint density at radius 3 is 2.55 bits per heavy atom. The third kappa shape index (κ3) is 2.86. The van der Waals surface area contributed by atoms with E-state index in [0.717, 1.165) is 12.8 Å². The quantitative estimate of drug-likeness (QED) is 0.691. The van der Waals surface area contributed by atoms with Crippen LogP contribution in [-0.2, 0) is 9.59 Å². The molecule has 7 heteroatoms. The van der Waals surface area contributed by atoms with E-state index >= 15 is 0 Å². The van der Waals surface area contributed by atoms with Gasteiger partial charge in [-0.05, 0) is 39.5 Å². The molecule has 2 rings (SSSR count). The second-order valence-electron chi connectivity index (χ2n) is 5.79. The number of hydrogen-bond donors (Lipinski definition) is 3. The average Bonchev–Trinajstić information content (AvgIpc) is 3.08. The zero-order valence-electron chi connectivity index (χ0n) is 11.8. The predicted molar refractivity (Wildman–Crippen MR) is 71.1 cm³/mol. The highest BCUT2D eigenvalue weighted by Gasteiger charge is 2.46. The predicted octanol–water partition coefficient (Wildman–Crippen LogP) is 0.302. The van der Waals surface area contributed by atoms with Crippen LogP contribution in [0, 0.1) is 0 Å². The molecule has 2 aliphatic rings. The number of likely N-dealkylation sites (tertiary alicyclic amines) is 1. The second kappa shape index (κ2) is 5.30. The Labute approximate surface area is 117 Å². The minimum Gasteiger partial charge on any atom is -0.480 e. The fraction of sp³-hybridized carbons (Fsp3) is 0.769. The molecule has 2 fully saturated rings. The molecule has 1 aliphatic heterocycles. The Kier molecular flexibility index (Phi) is 3.87. The second-order valence-corrected chi connectivity index (χ2v) is 5.79. The van der Waals surface area contributed by atoms with Crippen molar-refractivity contribution in [1.82, 2.24) is 15.5 Å². The van der Waals surface area contributed by atoms with E-state index in [2.05, 4.69) is 10.6 Å². The highest BCUT2D eigenvalue weighted by atomic mass is 16.4. The molecular weight excluding hydrogens is 262 g/mol. The molecule has 7 nitrogen and oxygen atoms in total. The van der Waals surface area contributed by atoms with Gasteiger partial charge in [0.15, 0.2) is 0 Å². The minimum atomic E-state index is -1.18. The third-order valence-electron chi connectivity index (χ3n) is 4.00. The number of nitrogens with one attached hydrogen (secondary N) is 2. The normalized spacial score (nSPS) is 27.0. The van der Waals surface area contributed by atoms with Crippen molar-refractivity contribution in [3.63, 3.8) is 0 Å². The van der Waals surface area contributed by atoms with Crippen LogP contribution in [-0.4, -0.2) is 52.1 Å². The fourth-order valence-electron chi connectivity index (χ4n) is 2.39. The Balaban J connectivity index is 1.93. The van der Waals surface area contributed by atoms with E-state index in [4.69, 9.17) is 0 Å². The lowest BCUT2D eigenvalue weighted by Gasteiger charge is -2.32. The minimum absolute atomic E-state index is 0.225. The number of amides is 3. The van der Waals surface area contributed by atoms with Gasteiger partial charge in [0.05, 0.1) is 0 Å². The largest absolute Gasteiger partial charge is 0.480 e. The van der Waals surface area contributed by atoms with Gasteiger partial charge >= 0.3 is 12.0 Å². The van der Waals surface area contributed by atoms with Crippen molar-refractivity contribution >= 4 is 17.9 Å². The number of hydrogen-bond acceptors (Lipinski definition) is 3. The maximum atomic E-state index is 12.2. The van der Waals surface area contributed by atoms with Crippen molar-refractivity contribution in [2.45, 2.75) is 57.2 Å². The van der Waals surface area contributed by atoms with Crippen LogP contribution in [0.2, 0.25) is 0 Å². The molecule has 0 aromatic heterocycles. The van der Waals surface area contributed by atoms with Gasteiger partial charge in [0.1, 0.15) is 11.6 Å². The molecule has 0 spiro atoms. The van der Waals surface area contributed by atoms with Crippen LogP contribution in [0.3, 0.4) is 0 Å². The molecule has 1 aliphatic carbocycles. The smallest absolute Gasteiger partial charge is 0.329 e. The van der Waals surface area contributed by atoms with Crippen LogP contribution in [0.4, 0.5) is 4.79 Å². The molecule has 0 bridgehead atoms. The van der Waals surface area contributed by atoms with Gasteiger partial charge in [-0.15, -0.1) is 0 Å². The summed E-state index contributed by atoms with van der Waals surface area (Å²) in [5.74, 6) is -1.24. The highest BCUT2D eigenvalue weighted by molar-refractivity contribution is 5.90. The summed E-state index contributed by atoms with van der Waals surface area (Å²) in [5.41, 5.74) is -1.18. The maximum Gasteiger partial charge on any atom is 0.329 e. The van der Waals surface area contributed by atoms with Crippen LogP contribution < -0.4 is 10.6 Å². The van der Waals surface area contributed by atoms with Crippen molar-refractivity contribution < 1.29 is 19.5 Å². The Morgan fingerprint density at radius 2 is 2.00 bits per heavy atom. The number of rotatable bonds is 4. The van der Waals surface area contributed by atoms with Gasteiger partial charge in [-0.1, -0.05) is 0 Å². The van der Waals surface area contributed by atoms with Crippen molar-refractivity contribution in [3.8, 4) is 0 Å². The first-order valence-corrected chi connectivity index (χ1v) is 6.96. The summed E-state index contributed by atoms with van der Waals surface area (Å²) in [7, 11) is 0. The zero-order chi connectivity index (χ0) is 14.9. The molecule has 0 aromatic rings. The first-order chi connectivity index (χ1) is 9.34. The summed E-state index contributed by atoms with van der Waals surface area (Å²) in [5, 5.41) is 14.6. The van der Waals surface area contributed by atoms with Gasteiger partial charge in [0.25, 0.3) is 0 Å². The summed E-state index contributed by atoms with van der Waals surface area (Å²) in [6.07, 6.45) is 3.04. The molecule has 3 N–H and O–H groups in total. The molecule has 1 saturated heterocycles. The van der Waals surface area contributed by atoms with E-state index in [-0.39, 0.29) is 11.9 Å². The number of carboxylic acid groups (broad SMARTS) is 1. The summed E-state index contributed by atoms with van der Waals surface area (Å²) < 4.78 is 0. The van der Waals surface area contributed by atoms with Gasteiger partial charge in [0.2, 0.25) is 5.91 Å². The van der Waals surface area contributed by atoms with Crippen molar-refractivity contribution in [1.29, 1.82) is 0 Å². The average molecular weight is 283 g/mol. The summed E-state index contributed by atoms with van der Waals surface area (Å²) >= 11 is 0. The van der Waals surface area contributed by atoms with Gasteiger partial charge in [-0.3, -0.25) is 4.79 Å². The fourth-order valence-corrected chi connectivity index (χ4v) is 2.39. The molecule has 112 valence electrons. The molecule has 1 heterocycles. The van der Waals surface area contributed by atoms with Crippen molar-refractivity contribution in [2.75, 3.05) is 6.54 Å². The number of aliphatic carboxylic acids is 1. The monoisotopic (exact) mass is 283 g/mol. The molecule has 3 amide bonds.